The maximum absolute atomic E-state index is 11.9. The Morgan fingerprint density at radius 3 is 2.66 bits per heavy atom. The molecule has 0 unspecified atom stereocenters. The van der Waals surface area contributed by atoms with E-state index in [1.54, 1.807) is 11.3 Å². The molecule has 2 amide bonds. The van der Waals surface area contributed by atoms with Gasteiger partial charge in [-0.25, -0.2) is 19.7 Å². The van der Waals surface area contributed by atoms with E-state index in [4.69, 9.17) is 19.8 Å². The predicted molar refractivity (Wildman–Crippen MR) is 138 cm³/mol. The number of urea groups is 1. The van der Waals surface area contributed by atoms with Gasteiger partial charge in [-0.3, -0.25) is 0 Å². The van der Waals surface area contributed by atoms with Crippen molar-refractivity contribution in [3.63, 3.8) is 0 Å². The van der Waals surface area contributed by atoms with Gasteiger partial charge in [0, 0.05) is 48.5 Å². The van der Waals surface area contributed by atoms with Crippen molar-refractivity contribution >= 4 is 40.6 Å². The van der Waals surface area contributed by atoms with Crippen LogP contribution in [-0.4, -0.2) is 65.5 Å². The van der Waals surface area contributed by atoms with Crippen LogP contribution in [0.15, 0.2) is 46.2 Å². The standard InChI is InChI=1S/C24H28N6O3S2/c31-12-8-25-22(32)27-18-4-2-17(3-5-18)21-28-19(16-20(29-21)30-10-13-33-14-11-30)24(6-1-7-24)35-23-26-9-15-34-23/h2-5,9,15-16,31H,1,6-8,10-14H2,(H2,25,27,32). The molecule has 3 N–H and O–H groups in total. The molecule has 1 aliphatic heterocycles. The van der Waals surface area contributed by atoms with Crippen LogP contribution in [0, 0.1) is 0 Å². The molecule has 3 aromatic rings. The van der Waals surface area contributed by atoms with Gasteiger partial charge in [-0.15, -0.1) is 11.3 Å². The Hall–Kier alpha value is -2.73. The Bertz CT molecular complexity index is 1130. The Kier molecular flexibility index (Phi) is 7.47. The lowest BCUT2D eigenvalue weighted by molar-refractivity contribution is 0.122. The molecule has 2 fully saturated rings. The van der Waals surface area contributed by atoms with Crippen LogP contribution in [0.5, 0.6) is 0 Å². The van der Waals surface area contributed by atoms with Gasteiger partial charge in [0.1, 0.15) is 5.82 Å². The third-order valence-corrected chi connectivity index (χ3v) is 8.56. The number of nitrogens with one attached hydrogen (secondary N) is 2. The molecule has 1 aliphatic carbocycles. The van der Waals surface area contributed by atoms with Gasteiger partial charge in [0.05, 0.1) is 30.3 Å². The van der Waals surface area contributed by atoms with Crippen LogP contribution in [0.25, 0.3) is 11.4 Å². The average Bonchev–Trinajstić information content (AvgIpc) is 3.39. The predicted octanol–water partition coefficient (Wildman–Crippen LogP) is 3.72. The molecule has 2 aliphatic rings. The molecule has 0 bridgehead atoms. The van der Waals surface area contributed by atoms with Gasteiger partial charge in [-0.1, -0.05) is 11.8 Å². The summed E-state index contributed by atoms with van der Waals surface area (Å²) in [6.45, 7) is 3.07. The largest absolute Gasteiger partial charge is 0.395 e. The van der Waals surface area contributed by atoms with E-state index >= 15 is 0 Å². The van der Waals surface area contributed by atoms with Crippen LogP contribution < -0.4 is 15.5 Å². The van der Waals surface area contributed by atoms with E-state index in [0.717, 1.165) is 47.3 Å². The molecule has 1 saturated carbocycles. The third kappa shape index (κ3) is 5.58. The number of carbonyl (C=O) groups is 1. The minimum atomic E-state index is -0.356. The molecule has 11 heteroatoms. The number of nitrogens with zero attached hydrogens (tertiary/aromatic N) is 4. The average molecular weight is 513 g/mol. The fraction of sp³-hybridized carbons (Fsp3) is 0.417. The second-order valence-electron chi connectivity index (χ2n) is 8.46. The number of hydrogen-bond acceptors (Lipinski definition) is 9. The Balaban J connectivity index is 1.45. The van der Waals surface area contributed by atoms with E-state index in [9.17, 15) is 4.79 Å². The van der Waals surface area contributed by atoms with Crippen molar-refractivity contribution < 1.29 is 14.6 Å². The number of thiazole rings is 1. The first-order valence-corrected chi connectivity index (χ1v) is 13.4. The number of aliphatic hydroxyl groups excluding tert-OH is 1. The van der Waals surface area contributed by atoms with E-state index in [2.05, 4.69) is 26.6 Å². The van der Waals surface area contributed by atoms with Gasteiger partial charge in [0.2, 0.25) is 0 Å². The smallest absolute Gasteiger partial charge is 0.319 e. The van der Waals surface area contributed by atoms with Gasteiger partial charge in [0.25, 0.3) is 0 Å². The molecule has 1 aromatic carbocycles. The molecular formula is C24H28N6O3S2. The number of thioether (sulfide) groups is 1. The molecule has 2 aromatic heterocycles. The van der Waals surface area contributed by atoms with E-state index in [0.29, 0.717) is 24.7 Å². The summed E-state index contributed by atoms with van der Waals surface area (Å²) in [6, 6.07) is 9.31. The monoisotopic (exact) mass is 512 g/mol. The summed E-state index contributed by atoms with van der Waals surface area (Å²) < 4.78 is 6.52. The minimum absolute atomic E-state index is 0.0944. The number of anilines is 2. The van der Waals surface area contributed by atoms with Gasteiger partial charge in [0.15, 0.2) is 10.2 Å². The number of benzene rings is 1. The van der Waals surface area contributed by atoms with Crippen molar-refractivity contribution in [2.24, 2.45) is 0 Å². The SMILES string of the molecule is O=C(NCCO)Nc1ccc(-c2nc(N3CCOCC3)cc(C3(Sc4nccs4)CCC3)n2)cc1. The highest BCUT2D eigenvalue weighted by atomic mass is 32.2. The number of hydrogen-bond donors (Lipinski definition) is 3. The maximum atomic E-state index is 11.9. The molecule has 35 heavy (non-hydrogen) atoms. The molecule has 3 heterocycles. The molecule has 1 saturated heterocycles. The van der Waals surface area contributed by atoms with Crippen LogP contribution in [0.4, 0.5) is 16.3 Å². The molecule has 0 spiro atoms. The molecule has 184 valence electrons. The number of aliphatic hydroxyl groups is 1. The number of rotatable bonds is 8. The molecular weight excluding hydrogens is 484 g/mol. The van der Waals surface area contributed by atoms with Crippen molar-refractivity contribution in [3.05, 3.63) is 47.6 Å². The van der Waals surface area contributed by atoms with Gasteiger partial charge in [-0.2, -0.15) is 0 Å². The lowest BCUT2D eigenvalue weighted by atomic mass is 9.81. The molecule has 0 radical (unpaired) electrons. The Labute approximate surface area is 212 Å². The second kappa shape index (κ2) is 10.9. The van der Waals surface area contributed by atoms with E-state index < -0.39 is 0 Å². The molecule has 9 nitrogen and oxygen atoms in total. The first-order chi connectivity index (χ1) is 17.1. The maximum Gasteiger partial charge on any atom is 0.319 e. The number of morpholine rings is 1. The summed E-state index contributed by atoms with van der Waals surface area (Å²) >= 11 is 3.48. The van der Waals surface area contributed by atoms with Crippen molar-refractivity contribution in [1.29, 1.82) is 0 Å². The third-order valence-electron chi connectivity index (χ3n) is 6.17. The lowest BCUT2D eigenvalue weighted by Crippen LogP contribution is -2.38. The molecule has 5 rings (SSSR count). The molecule has 0 atom stereocenters. The van der Waals surface area contributed by atoms with Crippen molar-refractivity contribution in [3.8, 4) is 11.4 Å². The summed E-state index contributed by atoms with van der Waals surface area (Å²) in [5.74, 6) is 1.59. The van der Waals surface area contributed by atoms with E-state index in [-0.39, 0.29) is 23.9 Å². The lowest BCUT2D eigenvalue weighted by Gasteiger charge is -2.40. The Morgan fingerprint density at radius 1 is 1.20 bits per heavy atom. The zero-order valence-electron chi connectivity index (χ0n) is 19.3. The summed E-state index contributed by atoms with van der Waals surface area (Å²) in [5.41, 5.74) is 2.58. The highest BCUT2D eigenvalue weighted by Gasteiger charge is 2.42. The van der Waals surface area contributed by atoms with Crippen LogP contribution in [0.2, 0.25) is 0 Å². The van der Waals surface area contributed by atoms with Crippen molar-refractivity contribution in [1.82, 2.24) is 20.3 Å². The highest BCUT2D eigenvalue weighted by molar-refractivity contribution is 8.01. The van der Waals surface area contributed by atoms with Gasteiger partial charge >= 0.3 is 6.03 Å². The van der Waals surface area contributed by atoms with Crippen molar-refractivity contribution in [2.75, 3.05) is 49.7 Å². The number of carbonyl (C=O) groups excluding carboxylic acids is 1. The summed E-state index contributed by atoms with van der Waals surface area (Å²) in [5, 5.41) is 16.2. The normalized spacial score (nSPS) is 17.0. The second-order valence-corrected chi connectivity index (χ2v) is 11.0. The summed E-state index contributed by atoms with van der Waals surface area (Å²) in [4.78, 5) is 28.7. The van der Waals surface area contributed by atoms with Crippen LogP contribution in [0.3, 0.4) is 0 Å². The van der Waals surface area contributed by atoms with Gasteiger partial charge < -0.3 is 25.4 Å². The zero-order valence-corrected chi connectivity index (χ0v) is 20.9. The zero-order chi connectivity index (χ0) is 24.1. The number of ether oxygens (including phenoxy) is 1. The highest BCUT2D eigenvalue weighted by Crippen LogP contribution is 2.55. The summed E-state index contributed by atoms with van der Waals surface area (Å²) in [7, 11) is 0. The topological polar surface area (TPSA) is 112 Å². The fourth-order valence-corrected chi connectivity index (χ4v) is 6.48. The first kappa shape index (κ1) is 24.0. The quantitative estimate of drug-likeness (QED) is 0.419. The number of amides is 2. The van der Waals surface area contributed by atoms with E-state index in [1.807, 2.05) is 47.6 Å². The van der Waals surface area contributed by atoms with Crippen LogP contribution in [0.1, 0.15) is 25.0 Å². The summed E-state index contributed by atoms with van der Waals surface area (Å²) in [6.07, 6.45) is 5.14. The van der Waals surface area contributed by atoms with E-state index in [1.165, 1.54) is 6.42 Å². The Morgan fingerprint density at radius 2 is 2.00 bits per heavy atom. The van der Waals surface area contributed by atoms with Crippen LogP contribution >= 0.6 is 23.1 Å². The first-order valence-electron chi connectivity index (χ1n) is 11.7. The van der Waals surface area contributed by atoms with Crippen LogP contribution in [-0.2, 0) is 9.48 Å². The van der Waals surface area contributed by atoms with Crippen molar-refractivity contribution in [2.45, 2.75) is 28.3 Å². The minimum Gasteiger partial charge on any atom is -0.395 e. The van der Waals surface area contributed by atoms with Gasteiger partial charge in [-0.05, 0) is 43.5 Å². The fourth-order valence-electron chi connectivity index (χ4n) is 4.14. The number of aromatic nitrogens is 3.